The van der Waals surface area contributed by atoms with E-state index >= 15 is 0 Å². The van der Waals surface area contributed by atoms with Gasteiger partial charge in [-0.05, 0) is 43.7 Å². The zero-order valence-electron chi connectivity index (χ0n) is 18.9. The molecule has 0 spiro atoms. The molecular formula is C26H29ClN4O2. The summed E-state index contributed by atoms with van der Waals surface area (Å²) in [5, 5.41) is 1.54. The first kappa shape index (κ1) is 22.0. The summed E-state index contributed by atoms with van der Waals surface area (Å²) >= 11 is 6.36. The van der Waals surface area contributed by atoms with Crippen LogP contribution in [0.4, 0.5) is 5.69 Å². The zero-order chi connectivity index (χ0) is 22.9. The van der Waals surface area contributed by atoms with Gasteiger partial charge in [0.15, 0.2) is 0 Å². The molecular weight excluding hydrogens is 436 g/mol. The first-order valence-electron chi connectivity index (χ1n) is 11.6. The van der Waals surface area contributed by atoms with Crippen LogP contribution in [0.1, 0.15) is 12.8 Å². The second-order valence-electron chi connectivity index (χ2n) is 9.15. The molecule has 3 heterocycles. The molecule has 0 aliphatic carbocycles. The van der Waals surface area contributed by atoms with Gasteiger partial charge >= 0.3 is 0 Å². The molecule has 0 unspecified atom stereocenters. The van der Waals surface area contributed by atoms with Gasteiger partial charge in [-0.1, -0.05) is 41.9 Å². The number of aromatic amines is 1. The standard InChI is InChI=1S/C26H29ClN4O2/c1-29-12-14-30(15-13-29)26(33)19-8-5-11-31(17-19)24-23(18-6-3-2-4-7-18)21-16-20(27)9-10-22(21)28-25(24)32/h2-4,6-7,9-10,16,19H,5,8,11-15,17H2,1H3,(H,28,32)/t19-/m1/s1. The van der Waals surface area contributed by atoms with Crippen LogP contribution in [0.15, 0.2) is 53.3 Å². The quantitative estimate of drug-likeness (QED) is 0.639. The summed E-state index contributed by atoms with van der Waals surface area (Å²) in [6.07, 6.45) is 1.74. The number of pyridine rings is 1. The van der Waals surface area contributed by atoms with E-state index in [0.717, 1.165) is 67.6 Å². The molecule has 33 heavy (non-hydrogen) atoms. The Balaban J connectivity index is 1.54. The third-order valence-corrected chi connectivity index (χ3v) is 7.15. The van der Waals surface area contributed by atoms with Crippen molar-refractivity contribution in [3.63, 3.8) is 0 Å². The Morgan fingerprint density at radius 1 is 1.03 bits per heavy atom. The Hall–Kier alpha value is -2.83. The highest BCUT2D eigenvalue weighted by Gasteiger charge is 2.32. The van der Waals surface area contributed by atoms with E-state index in [1.165, 1.54) is 0 Å². The Morgan fingerprint density at radius 3 is 2.55 bits per heavy atom. The molecule has 0 radical (unpaired) electrons. The second-order valence-corrected chi connectivity index (χ2v) is 9.58. The maximum absolute atomic E-state index is 13.4. The average molecular weight is 465 g/mol. The molecule has 7 heteroatoms. The van der Waals surface area contributed by atoms with E-state index in [9.17, 15) is 9.59 Å². The van der Waals surface area contributed by atoms with Gasteiger partial charge in [-0.3, -0.25) is 9.59 Å². The van der Waals surface area contributed by atoms with E-state index in [-0.39, 0.29) is 17.4 Å². The molecule has 0 bridgehead atoms. The summed E-state index contributed by atoms with van der Waals surface area (Å²) in [6, 6.07) is 15.5. The molecule has 1 atom stereocenters. The average Bonchev–Trinajstić information content (AvgIpc) is 2.84. The Morgan fingerprint density at radius 2 is 1.79 bits per heavy atom. The summed E-state index contributed by atoms with van der Waals surface area (Å²) < 4.78 is 0. The van der Waals surface area contributed by atoms with Gasteiger partial charge in [0.25, 0.3) is 5.56 Å². The first-order chi connectivity index (χ1) is 16.0. The number of nitrogens with zero attached hydrogens (tertiary/aromatic N) is 3. The van der Waals surface area contributed by atoms with Crippen LogP contribution in [0.5, 0.6) is 0 Å². The van der Waals surface area contributed by atoms with Crippen molar-refractivity contribution in [2.75, 3.05) is 51.2 Å². The minimum Gasteiger partial charge on any atom is -0.366 e. The number of halogens is 1. The van der Waals surface area contributed by atoms with Crippen LogP contribution in [0, 0.1) is 5.92 Å². The van der Waals surface area contributed by atoms with Crippen molar-refractivity contribution in [2.24, 2.45) is 5.92 Å². The molecule has 2 saturated heterocycles. The van der Waals surface area contributed by atoms with E-state index in [4.69, 9.17) is 11.6 Å². The SMILES string of the molecule is CN1CCN(C(=O)[C@@H]2CCCN(c3c(-c4ccccc4)c4cc(Cl)ccc4[nH]c3=O)C2)CC1. The third-order valence-electron chi connectivity index (χ3n) is 6.92. The summed E-state index contributed by atoms with van der Waals surface area (Å²) in [7, 11) is 2.09. The number of fused-ring (bicyclic) bond motifs is 1. The van der Waals surface area contributed by atoms with E-state index in [2.05, 4.69) is 21.8 Å². The van der Waals surface area contributed by atoms with Crippen molar-refractivity contribution in [3.8, 4) is 11.1 Å². The minimum atomic E-state index is -0.128. The molecule has 0 saturated carbocycles. The van der Waals surface area contributed by atoms with Crippen LogP contribution < -0.4 is 10.5 Å². The van der Waals surface area contributed by atoms with Crippen LogP contribution in [0.2, 0.25) is 5.02 Å². The lowest BCUT2D eigenvalue weighted by atomic mass is 9.93. The molecule has 2 fully saturated rings. The van der Waals surface area contributed by atoms with Crippen molar-refractivity contribution >= 4 is 34.1 Å². The van der Waals surface area contributed by atoms with Gasteiger partial charge in [0.05, 0.1) is 5.92 Å². The second kappa shape index (κ2) is 9.20. The number of likely N-dealkylation sites (N-methyl/N-ethyl adjacent to an activating group) is 1. The number of carbonyl (C=O) groups is 1. The maximum atomic E-state index is 13.4. The molecule has 3 aromatic rings. The zero-order valence-corrected chi connectivity index (χ0v) is 19.6. The number of carbonyl (C=O) groups excluding carboxylic acids is 1. The molecule has 172 valence electrons. The number of H-pyrrole nitrogens is 1. The van der Waals surface area contributed by atoms with Crippen molar-refractivity contribution in [3.05, 3.63) is 63.9 Å². The Kier molecular flexibility index (Phi) is 6.13. The summed E-state index contributed by atoms with van der Waals surface area (Å²) in [5.41, 5.74) is 3.11. The number of hydrogen-bond donors (Lipinski definition) is 1. The highest BCUT2D eigenvalue weighted by molar-refractivity contribution is 6.31. The van der Waals surface area contributed by atoms with Crippen molar-refractivity contribution < 1.29 is 4.79 Å². The van der Waals surface area contributed by atoms with Gasteiger partial charge in [-0.15, -0.1) is 0 Å². The molecule has 1 N–H and O–H groups in total. The van der Waals surface area contributed by atoms with Crippen LogP contribution in [0.3, 0.4) is 0 Å². The smallest absolute Gasteiger partial charge is 0.272 e. The molecule has 2 aliphatic heterocycles. The fraction of sp³-hybridized carbons (Fsp3) is 0.385. The predicted octanol–water partition coefficient (Wildman–Crippen LogP) is 3.84. The Labute approximate surface area is 198 Å². The van der Waals surface area contributed by atoms with Crippen molar-refractivity contribution in [2.45, 2.75) is 12.8 Å². The fourth-order valence-corrected chi connectivity index (χ4v) is 5.29. The van der Waals surface area contributed by atoms with Gasteiger partial charge < -0.3 is 19.7 Å². The van der Waals surface area contributed by atoms with E-state index in [1.807, 2.05) is 47.4 Å². The molecule has 2 aliphatic rings. The number of piperidine rings is 1. The minimum absolute atomic E-state index is 0.0970. The molecule has 1 aromatic heterocycles. The van der Waals surface area contributed by atoms with Gasteiger partial charge in [0.1, 0.15) is 5.69 Å². The lowest BCUT2D eigenvalue weighted by Gasteiger charge is -2.39. The van der Waals surface area contributed by atoms with E-state index < -0.39 is 0 Å². The van der Waals surface area contributed by atoms with Gasteiger partial charge in [0, 0.05) is 60.8 Å². The summed E-state index contributed by atoms with van der Waals surface area (Å²) in [5.74, 6) is 0.120. The van der Waals surface area contributed by atoms with Crippen LogP contribution in [0.25, 0.3) is 22.0 Å². The van der Waals surface area contributed by atoms with Crippen LogP contribution in [-0.4, -0.2) is 67.0 Å². The summed E-state index contributed by atoms with van der Waals surface area (Å²) in [4.78, 5) is 36.1. The number of anilines is 1. The molecule has 2 aromatic carbocycles. The lowest BCUT2D eigenvalue weighted by molar-refractivity contribution is -0.137. The van der Waals surface area contributed by atoms with Crippen molar-refractivity contribution in [1.82, 2.24) is 14.8 Å². The third kappa shape index (κ3) is 4.37. The van der Waals surface area contributed by atoms with Crippen molar-refractivity contribution in [1.29, 1.82) is 0 Å². The number of benzene rings is 2. The number of nitrogens with one attached hydrogen (secondary N) is 1. The summed E-state index contributed by atoms with van der Waals surface area (Å²) in [6.45, 7) is 4.67. The number of hydrogen-bond acceptors (Lipinski definition) is 4. The number of rotatable bonds is 3. The fourth-order valence-electron chi connectivity index (χ4n) is 5.12. The highest BCUT2D eigenvalue weighted by atomic mass is 35.5. The van der Waals surface area contributed by atoms with E-state index in [1.54, 1.807) is 6.07 Å². The Bertz CT molecular complexity index is 1220. The number of aromatic nitrogens is 1. The maximum Gasteiger partial charge on any atom is 0.272 e. The largest absolute Gasteiger partial charge is 0.366 e. The monoisotopic (exact) mass is 464 g/mol. The topological polar surface area (TPSA) is 59.6 Å². The van der Waals surface area contributed by atoms with Gasteiger partial charge in [-0.2, -0.15) is 0 Å². The van der Waals surface area contributed by atoms with Gasteiger partial charge in [-0.25, -0.2) is 0 Å². The number of piperazine rings is 1. The van der Waals surface area contributed by atoms with Crippen LogP contribution in [-0.2, 0) is 4.79 Å². The van der Waals surface area contributed by atoms with E-state index in [0.29, 0.717) is 17.3 Å². The lowest BCUT2D eigenvalue weighted by Crippen LogP contribution is -2.52. The highest BCUT2D eigenvalue weighted by Crippen LogP contribution is 2.37. The number of amides is 1. The molecule has 5 rings (SSSR count). The van der Waals surface area contributed by atoms with Gasteiger partial charge in [0.2, 0.25) is 5.91 Å². The predicted molar refractivity (Wildman–Crippen MR) is 134 cm³/mol. The molecule has 1 amide bonds. The normalized spacial score (nSPS) is 19.8. The first-order valence-corrected chi connectivity index (χ1v) is 12.0. The molecule has 6 nitrogen and oxygen atoms in total. The van der Waals surface area contributed by atoms with Crippen LogP contribution >= 0.6 is 11.6 Å².